The van der Waals surface area contributed by atoms with E-state index in [1.807, 2.05) is 0 Å². The van der Waals surface area contributed by atoms with E-state index in [9.17, 15) is 9.90 Å². The fraction of sp³-hybridized carbons (Fsp3) is 0.100. The van der Waals surface area contributed by atoms with Crippen LogP contribution in [0.1, 0.15) is 15.9 Å². The summed E-state index contributed by atoms with van der Waals surface area (Å²) in [4.78, 5) is 14.7. The van der Waals surface area contributed by atoms with Gasteiger partial charge in [-0.2, -0.15) is 9.78 Å². The van der Waals surface area contributed by atoms with Crippen LogP contribution in [0, 0.1) is 6.92 Å². The molecule has 0 bridgehead atoms. The SMILES string of the molecule is Cc1cnn(-c2cc(C(=O)O)ccn2)c1O. The van der Waals surface area contributed by atoms with Gasteiger partial charge in [-0.3, -0.25) is 0 Å². The zero-order valence-electron chi connectivity index (χ0n) is 8.45. The highest BCUT2D eigenvalue weighted by Crippen LogP contribution is 2.18. The molecular weight excluding hydrogens is 210 g/mol. The van der Waals surface area contributed by atoms with Crippen molar-refractivity contribution in [2.24, 2.45) is 0 Å². The Hall–Kier alpha value is -2.37. The highest BCUT2D eigenvalue weighted by molar-refractivity contribution is 5.87. The Morgan fingerprint density at radius 3 is 2.81 bits per heavy atom. The molecule has 0 fully saturated rings. The molecule has 2 aromatic heterocycles. The van der Waals surface area contributed by atoms with Crippen LogP contribution in [0.15, 0.2) is 24.5 Å². The van der Waals surface area contributed by atoms with E-state index < -0.39 is 5.97 Å². The zero-order chi connectivity index (χ0) is 11.7. The van der Waals surface area contributed by atoms with Gasteiger partial charge >= 0.3 is 5.97 Å². The Kier molecular flexibility index (Phi) is 2.32. The van der Waals surface area contributed by atoms with Crippen molar-refractivity contribution >= 4 is 5.97 Å². The maximum absolute atomic E-state index is 10.8. The van der Waals surface area contributed by atoms with Gasteiger partial charge in [-0.05, 0) is 19.1 Å². The highest BCUT2D eigenvalue weighted by atomic mass is 16.4. The van der Waals surface area contributed by atoms with Crippen LogP contribution < -0.4 is 0 Å². The fourth-order valence-corrected chi connectivity index (χ4v) is 1.26. The molecule has 2 heterocycles. The van der Waals surface area contributed by atoms with E-state index in [4.69, 9.17) is 5.11 Å². The van der Waals surface area contributed by atoms with E-state index in [0.717, 1.165) is 0 Å². The summed E-state index contributed by atoms with van der Waals surface area (Å²) in [6.45, 7) is 1.69. The predicted octanol–water partition coefficient (Wildman–Crippen LogP) is 0.980. The van der Waals surface area contributed by atoms with Crippen molar-refractivity contribution in [2.75, 3.05) is 0 Å². The number of aromatic carboxylic acids is 1. The number of carboxylic acids is 1. The summed E-state index contributed by atoms with van der Waals surface area (Å²) in [5.41, 5.74) is 0.695. The first-order chi connectivity index (χ1) is 7.59. The van der Waals surface area contributed by atoms with Crippen LogP contribution in [0.2, 0.25) is 0 Å². The monoisotopic (exact) mass is 219 g/mol. The second kappa shape index (κ2) is 3.65. The minimum absolute atomic E-state index is 0.0463. The molecule has 0 atom stereocenters. The number of carboxylic acid groups (broad SMARTS) is 1. The van der Waals surface area contributed by atoms with Gasteiger partial charge in [0.2, 0.25) is 5.88 Å². The molecule has 0 aliphatic heterocycles. The molecule has 0 unspecified atom stereocenters. The van der Waals surface area contributed by atoms with Gasteiger partial charge < -0.3 is 10.2 Å². The van der Waals surface area contributed by atoms with Crippen LogP contribution in [0.4, 0.5) is 0 Å². The highest BCUT2D eigenvalue weighted by Gasteiger charge is 2.10. The Balaban J connectivity index is 2.52. The van der Waals surface area contributed by atoms with Gasteiger partial charge in [-0.1, -0.05) is 0 Å². The summed E-state index contributed by atoms with van der Waals surface area (Å²) in [6, 6.07) is 2.72. The Labute approximate surface area is 90.8 Å². The van der Waals surface area contributed by atoms with E-state index in [-0.39, 0.29) is 17.3 Å². The van der Waals surface area contributed by atoms with Gasteiger partial charge in [-0.15, -0.1) is 0 Å². The first-order valence-electron chi connectivity index (χ1n) is 4.53. The minimum atomic E-state index is -1.05. The van der Waals surface area contributed by atoms with Gasteiger partial charge in [0, 0.05) is 11.8 Å². The lowest BCUT2D eigenvalue weighted by atomic mass is 10.2. The fourth-order valence-electron chi connectivity index (χ4n) is 1.26. The number of hydrogen-bond donors (Lipinski definition) is 2. The molecule has 2 aromatic rings. The number of hydrogen-bond acceptors (Lipinski definition) is 4. The maximum Gasteiger partial charge on any atom is 0.335 e. The quantitative estimate of drug-likeness (QED) is 0.785. The molecule has 0 radical (unpaired) electrons. The molecule has 0 aliphatic carbocycles. The first-order valence-corrected chi connectivity index (χ1v) is 4.53. The molecule has 0 spiro atoms. The summed E-state index contributed by atoms with van der Waals surface area (Å²) in [7, 11) is 0. The molecule has 0 saturated heterocycles. The van der Waals surface area contributed by atoms with Crippen molar-refractivity contribution in [1.82, 2.24) is 14.8 Å². The predicted molar refractivity (Wildman–Crippen MR) is 54.7 cm³/mol. The van der Waals surface area contributed by atoms with E-state index in [2.05, 4.69) is 10.1 Å². The van der Waals surface area contributed by atoms with E-state index in [1.165, 1.54) is 29.2 Å². The molecule has 2 N–H and O–H groups in total. The van der Waals surface area contributed by atoms with Gasteiger partial charge in [0.05, 0.1) is 11.8 Å². The second-order valence-corrected chi connectivity index (χ2v) is 3.27. The third kappa shape index (κ3) is 1.60. The third-order valence-corrected chi connectivity index (χ3v) is 2.13. The lowest BCUT2D eigenvalue weighted by molar-refractivity contribution is 0.0696. The van der Waals surface area contributed by atoms with Crippen molar-refractivity contribution in [1.29, 1.82) is 0 Å². The summed E-state index contributed by atoms with van der Waals surface area (Å²) in [6.07, 6.45) is 2.83. The number of aryl methyl sites for hydroxylation is 1. The van der Waals surface area contributed by atoms with Crippen LogP contribution in [0.3, 0.4) is 0 Å². The van der Waals surface area contributed by atoms with Gasteiger partial charge in [0.25, 0.3) is 0 Å². The number of aromatic nitrogens is 3. The van der Waals surface area contributed by atoms with Crippen LogP contribution in [0.5, 0.6) is 5.88 Å². The van der Waals surface area contributed by atoms with Crippen LogP contribution >= 0.6 is 0 Å². The van der Waals surface area contributed by atoms with Crippen molar-refractivity contribution in [3.63, 3.8) is 0 Å². The van der Waals surface area contributed by atoms with Crippen molar-refractivity contribution in [3.8, 4) is 11.7 Å². The van der Waals surface area contributed by atoms with Crippen molar-refractivity contribution in [2.45, 2.75) is 6.92 Å². The van der Waals surface area contributed by atoms with Crippen molar-refractivity contribution < 1.29 is 15.0 Å². The van der Waals surface area contributed by atoms with Gasteiger partial charge in [-0.25, -0.2) is 9.78 Å². The van der Waals surface area contributed by atoms with Gasteiger partial charge in [0.1, 0.15) is 0 Å². The molecule has 6 heteroatoms. The lowest BCUT2D eigenvalue weighted by Crippen LogP contribution is -2.03. The minimum Gasteiger partial charge on any atom is -0.493 e. The molecule has 6 nitrogen and oxygen atoms in total. The van der Waals surface area contributed by atoms with E-state index in [0.29, 0.717) is 5.56 Å². The Bertz CT molecular complexity index is 548. The largest absolute Gasteiger partial charge is 0.493 e. The average molecular weight is 219 g/mol. The van der Waals surface area contributed by atoms with E-state index in [1.54, 1.807) is 6.92 Å². The smallest absolute Gasteiger partial charge is 0.335 e. The summed E-state index contributed by atoms with van der Waals surface area (Å²) in [5.74, 6) is -0.826. The zero-order valence-corrected chi connectivity index (χ0v) is 8.45. The molecule has 0 saturated carbocycles. The maximum atomic E-state index is 10.8. The Morgan fingerprint density at radius 2 is 2.25 bits per heavy atom. The first kappa shape index (κ1) is 10.2. The second-order valence-electron chi connectivity index (χ2n) is 3.27. The van der Waals surface area contributed by atoms with Gasteiger partial charge in [0.15, 0.2) is 5.82 Å². The molecule has 2 rings (SSSR count). The van der Waals surface area contributed by atoms with E-state index >= 15 is 0 Å². The molecule has 82 valence electrons. The van der Waals surface area contributed by atoms with Crippen molar-refractivity contribution in [3.05, 3.63) is 35.7 Å². The lowest BCUT2D eigenvalue weighted by Gasteiger charge is -2.02. The third-order valence-electron chi connectivity index (χ3n) is 2.13. The summed E-state index contributed by atoms with van der Waals surface area (Å²) in [5, 5.41) is 22.3. The van der Waals surface area contributed by atoms with Crippen LogP contribution in [-0.4, -0.2) is 30.9 Å². The molecule has 16 heavy (non-hydrogen) atoms. The topological polar surface area (TPSA) is 88.2 Å². The normalized spacial score (nSPS) is 10.3. The summed E-state index contributed by atoms with van der Waals surface area (Å²) >= 11 is 0. The number of nitrogens with zero attached hydrogens (tertiary/aromatic N) is 3. The van der Waals surface area contributed by atoms with Crippen LogP contribution in [-0.2, 0) is 0 Å². The van der Waals surface area contributed by atoms with Crippen LogP contribution in [0.25, 0.3) is 5.82 Å². The average Bonchev–Trinajstić information content (AvgIpc) is 2.60. The number of aromatic hydroxyl groups is 1. The standard InChI is InChI=1S/C10H9N3O3/c1-6-5-12-13(9(6)14)8-4-7(10(15)16)2-3-11-8/h2-5,14H,1H3,(H,15,16). The molecule has 0 aliphatic rings. The molecule has 0 amide bonds. The number of carbonyl (C=O) groups is 1. The summed E-state index contributed by atoms with van der Waals surface area (Å²) < 4.78 is 1.18. The Morgan fingerprint density at radius 1 is 1.50 bits per heavy atom. The number of pyridine rings is 1. The molecule has 0 aromatic carbocycles. The number of rotatable bonds is 2. The molecular formula is C10H9N3O3.